The van der Waals surface area contributed by atoms with Crippen LogP contribution < -0.4 is 5.32 Å². The second kappa shape index (κ2) is 15.9. The highest BCUT2D eigenvalue weighted by Crippen LogP contribution is 2.40. The van der Waals surface area contributed by atoms with Gasteiger partial charge in [-0.05, 0) is 65.1 Å². The number of benzene rings is 4. The molecule has 1 aliphatic heterocycles. The Morgan fingerprint density at radius 2 is 1.60 bits per heavy atom. The fraction of sp³-hybridized carbons (Fsp3) is 0.270. The minimum Gasteiger partial charge on any atom is -0.478 e. The molecule has 0 aromatic heterocycles. The number of aliphatic hydroxyl groups is 1. The van der Waals surface area contributed by atoms with E-state index in [1.807, 2.05) is 72.8 Å². The molecule has 4 aromatic rings. The van der Waals surface area contributed by atoms with Gasteiger partial charge in [0.05, 0.1) is 24.4 Å². The maximum absolute atomic E-state index is 12.3. The van der Waals surface area contributed by atoms with Gasteiger partial charge in [-0.3, -0.25) is 9.59 Å². The van der Waals surface area contributed by atoms with Crippen LogP contribution >= 0.6 is 11.8 Å². The van der Waals surface area contributed by atoms with Gasteiger partial charge in [0.15, 0.2) is 12.4 Å². The lowest BCUT2D eigenvalue weighted by Gasteiger charge is -2.36. The predicted octanol–water partition coefficient (Wildman–Crippen LogP) is 6.45. The number of ether oxygens (including phenoxy) is 3. The summed E-state index contributed by atoms with van der Waals surface area (Å²) in [6.07, 6.45) is -1.21. The Morgan fingerprint density at radius 3 is 2.26 bits per heavy atom. The van der Waals surface area contributed by atoms with Crippen LogP contribution in [-0.4, -0.2) is 46.0 Å². The van der Waals surface area contributed by atoms with Crippen molar-refractivity contribution in [3.8, 4) is 11.1 Å². The van der Waals surface area contributed by atoms with Crippen molar-refractivity contribution in [2.75, 3.05) is 5.75 Å². The second-order valence-corrected chi connectivity index (χ2v) is 12.4. The SMILES string of the molecule is CC(=O)O[C@@H](C)C(=O)NCc1cccc(-c2ccc([C@H]3O[C@@H](CSc4ccc(C(=O)O)cc4)C[C@@H](c4ccc(CO)cc4)O3)cc2)c1. The molecule has 10 heteroatoms. The van der Waals surface area contributed by atoms with Gasteiger partial charge in [0, 0.05) is 36.1 Å². The lowest BCUT2D eigenvalue weighted by Crippen LogP contribution is -2.35. The normalized spacial score (nSPS) is 18.2. The van der Waals surface area contributed by atoms with E-state index < -0.39 is 24.3 Å². The Balaban J connectivity index is 1.28. The molecule has 9 nitrogen and oxygen atoms in total. The Bertz CT molecular complexity index is 1670. The number of amides is 1. The van der Waals surface area contributed by atoms with Gasteiger partial charge in [-0.15, -0.1) is 11.8 Å². The molecule has 244 valence electrons. The third kappa shape index (κ3) is 9.30. The standard InChI is InChI=1S/C37H37NO8S/c1-23(44-24(2)40)35(41)38-20-26-4-3-5-31(18-26)27-10-12-30(13-11-27)37-45-32(22-47-33-16-14-29(15-17-33)36(42)43)19-34(46-37)28-8-6-25(21-39)7-9-28/h3-18,23,32,34,37,39H,19-22H2,1-2H3,(H,38,41)(H,42,43)/t23-,32+,34-,37-/m0/s1. The molecule has 0 spiro atoms. The molecule has 47 heavy (non-hydrogen) atoms. The molecular formula is C37H37NO8S. The smallest absolute Gasteiger partial charge is 0.335 e. The molecule has 0 aliphatic carbocycles. The number of aromatic carboxylic acids is 1. The molecule has 1 saturated heterocycles. The summed E-state index contributed by atoms with van der Waals surface area (Å²) < 4.78 is 17.9. The molecule has 1 fully saturated rings. The van der Waals surface area contributed by atoms with Crippen molar-refractivity contribution in [2.45, 2.75) is 62.9 Å². The van der Waals surface area contributed by atoms with E-state index in [1.165, 1.54) is 13.8 Å². The van der Waals surface area contributed by atoms with Crippen LogP contribution in [0.5, 0.6) is 0 Å². The molecule has 1 amide bonds. The van der Waals surface area contributed by atoms with Crippen molar-refractivity contribution in [2.24, 2.45) is 0 Å². The Hall–Kier alpha value is -4.48. The number of thioether (sulfide) groups is 1. The molecule has 1 aliphatic rings. The number of carboxylic acid groups (broad SMARTS) is 1. The maximum Gasteiger partial charge on any atom is 0.335 e. The van der Waals surface area contributed by atoms with Gasteiger partial charge in [-0.25, -0.2) is 4.79 Å². The van der Waals surface area contributed by atoms with E-state index in [0.29, 0.717) is 18.7 Å². The van der Waals surface area contributed by atoms with E-state index >= 15 is 0 Å². The van der Waals surface area contributed by atoms with Crippen molar-refractivity contribution >= 4 is 29.6 Å². The average molecular weight is 656 g/mol. The molecule has 0 bridgehead atoms. The van der Waals surface area contributed by atoms with Crippen LogP contribution in [0.25, 0.3) is 11.1 Å². The van der Waals surface area contributed by atoms with Crippen LogP contribution in [0.3, 0.4) is 0 Å². The number of carbonyl (C=O) groups excluding carboxylic acids is 2. The highest BCUT2D eigenvalue weighted by atomic mass is 32.2. The van der Waals surface area contributed by atoms with Gasteiger partial charge < -0.3 is 29.7 Å². The number of rotatable bonds is 12. The van der Waals surface area contributed by atoms with E-state index in [9.17, 15) is 24.6 Å². The molecule has 4 atom stereocenters. The summed E-state index contributed by atoms with van der Waals surface area (Å²) in [7, 11) is 0. The van der Waals surface area contributed by atoms with Gasteiger partial charge in [0.25, 0.3) is 5.91 Å². The first-order valence-electron chi connectivity index (χ1n) is 15.3. The highest BCUT2D eigenvalue weighted by Gasteiger charge is 2.32. The second-order valence-electron chi connectivity index (χ2n) is 11.3. The first kappa shape index (κ1) is 33.9. The van der Waals surface area contributed by atoms with E-state index in [4.69, 9.17) is 14.2 Å². The third-order valence-electron chi connectivity index (χ3n) is 7.77. The first-order valence-corrected chi connectivity index (χ1v) is 16.3. The minimum absolute atomic E-state index is 0.0311. The summed E-state index contributed by atoms with van der Waals surface area (Å²) in [4.78, 5) is 35.6. The Morgan fingerprint density at radius 1 is 0.894 bits per heavy atom. The van der Waals surface area contributed by atoms with Gasteiger partial charge in [-0.1, -0.05) is 66.7 Å². The summed E-state index contributed by atoms with van der Waals surface area (Å²) in [5.74, 6) is -1.17. The monoisotopic (exact) mass is 655 g/mol. The lowest BCUT2D eigenvalue weighted by atomic mass is 9.99. The van der Waals surface area contributed by atoms with E-state index in [0.717, 1.165) is 38.3 Å². The zero-order valence-corrected chi connectivity index (χ0v) is 26.9. The number of carboxylic acids is 1. The number of aliphatic hydroxyl groups excluding tert-OH is 1. The highest BCUT2D eigenvalue weighted by molar-refractivity contribution is 7.99. The Kier molecular flexibility index (Phi) is 11.4. The minimum atomic E-state index is -0.956. The fourth-order valence-corrected chi connectivity index (χ4v) is 6.16. The molecule has 4 aromatic carbocycles. The van der Waals surface area contributed by atoms with Crippen molar-refractivity contribution in [3.05, 3.63) is 125 Å². The van der Waals surface area contributed by atoms with Crippen molar-refractivity contribution in [1.29, 1.82) is 0 Å². The number of hydrogen-bond donors (Lipinski definition) is 3. The van der Waals surface area contributed by atoms with E-state index in [1.54, 1.807) is 36.0 Å². The number of hydrogen-bond acceptors (Lipinski definition) is 8. The molecular weight excluding hydrogens is 618 g/mol. The van der Waals surface area contributed by atoms with Crippen molar-refractivity contribution in [3.63, 3.8) is 0 Å². The van der Waals surface area contributed by atoms with Crippen LogP contribution in [0.2, 0.25) is 0 Å². The van der Waals surface area contributed by atoms with E-state index in [-0.39, 0.29) is 30.3 Å². The summed E-state index contributed by atoms with van der Waals surface area (Å²) in [5, 5.41) is 21.5. The molecule has 0 unspecified atom stereocenters. The van der Waals surface area contributed by atoms with Crippen LogP contribution in [-0.2, 0) is 37.0 Å². The Labute approximate surface area is 277 Å². The first-order chi connectivity index (χ1) is 22.7. The predicted molar refractivity (Wildman–Crippen MR) is 177 cm³/mol. The molecule has 1 heterocycles. The lowest BCUT2D eigenvalue weighted by molar-refractivity contribution is -0.245. The summed E-state index contributed by atoms with van der Waals surface area (Å²) >= 11 is 1.60. The number of carbonyl (C=O) groups is 3. The quantitative estimate of drug-likeness (QED) is 0.116. The topological polar surface area (TPSA) is 131 Å². The summed E-state index contributed by atoms with van der Waals surface area (Å²) in [6.45, 7) is 3.07. The van der Waals surface area contributed by atoms with Gasteiger partial charge in [-0.2, -0.15) is 0 Å². The third-order valence-corrected chi connectivity index (χ3v) is 8.92. The molecule has 0 saturated carbocycles. The van der Waals surface area contributed by atoms with E-state index in [2.05, 4.69) is 5.32 Å². The summed E-state index contributed by atoms with van der Waals surface area (Å²) in [5.41, 5.74) is 5.81. The molecule has 0 radical (unpaired) electrons. The van der Waals surface area contributed by atoms with Crippen LogP contribution in [0.4, 0.5) is 0 Å². The van der Waals surface area contributed by atoms with Crippen LogP contribution in [0.1, 0.15) is 65.3 Å². The summed E-state index contributed by atoms with van der Waals surface area (Å²) in [6, 6.07) is 30.4. The number of esters is 1. The van der Waals surface area contributed by atoms with Crippen LogP contribution in [0, 0.1) is 0 Å². The largest absolute Gasteiger partial charge is 0.478 e. The zero-order valence-electron chi connectivity index (χ0n) is 26.1. The fourth-order valence-electron chi connectivity index (χ4n) is 5.23. The van der Waals surface area contributed by atoms with Gasteiger partial charge >= 0.3 is 11.9 Å². The molecule has 5 rings (SSSR count). The maximum atomic E-state index is 12.3. The molecule has 3 N–H and O–H groups in total. The van der Waals surface area contributed by atoms with Gasteiger partial charge in [0.2, 0.25) is 0 Å². The zero-order chi connectivity index (χ0) is 33.3. The van der Waals surface area contributed by atoms with Crippen molar-refractivity contribution < 1.29 is 38.8 Å². The van der Waals surface area contributed by atoms with Gasteiger partial charge in [0.1, 0.15) is 0 Å². The number of nitrogens with one attached hydrogen (secondary N) is 1. The average Bonchev–Trinajstić information content (AvgIpc) is 3.09. The van der Waals surface area contributed by atoms with Crippen LogP contribution in [0.15, 0.2) is 102 Å². The van der Waals surface area contributed by atoms with Crippen molar-refractivity contribution in [1.82, 2.24) is 5.32 Å².